The molecule has 0 N–H and O–H groups in total. The van der Waals surface area contributed by atoms with Crippen LogP contribution >= 0.6 is 0 Å². The van der Waals surface area contributed by atoms with Crippen LogP contribution in [0.5, 0.6) is 0 Å². The summed E-state index contributed by atoms with van der Waals surface area (Å²) in [6.07, 6.45) is 0. The van der Waals surface area contributed by atoms with Gasteiger partial charge in [-0.2, -0.15) is 0 Å². The Kier molecular flexibility index (Phi) is 2.43. The van der Waals surface area contributed by atoms with Gasteiger partial charge in [-0.3, -0.25) is 4.39 Å². The molecule has 0 saturated heterocycles. The monoisotopic (exact) mass is 137 g/mol. The molecule has 1 radical (unpaired) electrons. The van der Waals surface area contributed by atoms with E-state index in [1.807, 2.05) is 31.2 Å². The van der Waals surface area contributed by atoms with E-state index in [2.05, 4.69) is 6.07 Å². The van der Waals surface area contributed by atoms with Gasteiger partial charge in [-0.1, -0.05) is 31.2 Å². The van der Waals surface area contributed by atoms with Crippen molar-refractivity contribution in [3.63, 3.8) is 0 Å². The van der Waals surface area contributed by atoms with Gasteiger partial charge in [0.1, 0.15) is 0 Å². The van der Waals surface area contributed by atoms with Crippen molar-refractivity contribution < 1.29 is 4.39 Å². The average Bonchev–Trinajstić information content (AvgIpc) is 2.05. The van der Waals surface area contributed by atoms with Crippen LogP contribution < -0.4 is 0 Å². The first-order valence-electron chi connectivity index (χ1n) is 3.36. The van der Waals surface area contributed by atoms with Crippen LogP contribution in [0.3, 0.4) is 0 Å². The van der Waals surface area contributed by atoms with Gasteiger partial charge in [0.2, 0.25) is 0 Å². The van der Waals surface area contributed by atoms with Gasteiger partial charge < -0.3 is 0 Å². The zero-order valence-electron chi connectivity index (χ0n) is 5.97. The molecule has 0 fully saturated rings. The number of rotatable bonds is 2. The molecule has 0 aliphatic carbocycles. The lowest BCUT2D eigenvalue weighted by atomic mass is 10.0. The minimum Gasteiger partial charge on any atom is -0.250 e. The largest absolute Gasteiger partial charge is 0.250 e. The van der Waals surface area contributed by atoms with Gasteiger partial charge in [0.25, 0.3) is 0 Å². The highest BCUT2D eigenvalue weighted by molar-refractivity contribution is 5.17. The maximum atomic E-state index is 12.1. The SMILES string of the molecule is C[C@@H](CF)c1c[c]ccc1. The molecule has 0 nitrogen and oxygen atoms in total. The van der Waals surface area contributed by atoms with Crippen molar-refractivity contribution in [2.75, 3.05) is 6.67 Å². The molecule has 0 aliphatic heterocycles. The third-order valence-corrected chi connectivity index (χ3v) is 1.53. The van der Waals surface area contributed by atoms with Gasteiger partial charge in [0, 0.05) is 5.92 Å². The topological polar surface area (TPSA) is 0 Å². The second-order valence-electron chi connectivity index (χ2n) is 2.39. The highest BCUT2D eigenvalue weighted by atomic mass is 19.1. The molecule has 1 heteroatoms. The second kappa shape index (κ2) is 3.35. The van der Waals surface area contributed by atoms with Crippen molar-refractivity contribution in [1.29, 1.82) is 0 Å². The van der Waals surface area contributed by atoms with Gasteiger partial charge >= 0.3 is 0 Å². The molecule has 0 bridgehead atoms. The Morgan fingerprint density at radius 2 is 2.50 bits per heavy atom. The summed E-state index contributed by atoms with van der Waals surface area (Å²) in [6.45, 7) is 1.57. The first-order chi connectivity index (χ1) is 4.84. The van der Waals surface area contributed by atoms with E-state index >= 15 is 0 Å². The quantitative estimate of drug-likeness (QED) is 0.587. The fourth-order valence-electron chi connectivity index (χ4n) is 0.803. The normalized spacial score (nSPS) is 13.0. The van der Waals surface area contributed by atoms with Crippen LogP contribution in [-0.4, -0.2) is 6.67 Å². The van der Waals surface area contributed by atoms with Crippen LogP contribution in [0.25, 0.3) is 0 Å². The van der Waals surface area contributed by atoms with Crippen molar-refractivity contribution in [3.8, 4) is 0 Å². The zero-order valence-corrected chi connectivity index (χ0v) is 5.97. The van der Waals surface area contributed by atoms with Crippen LogP contribution in [0.4, 0.5) is 4.39 Å². The van der Waals surface area contributed by atoms with Crippen LogP contribution in [-0.2, 0) is 0 Å². The summed E-state index contributed by atoms with van der Waals surface area (Å²) in [7, 11) is 0. The Bertz CT molecular complexity index is 181. The highest BCUT2D eigenvalue weighted by Crippen LogP contribution is 2.13. The Labute approximate surface area is 60.7 Å². The van der Waals surface area contributed by atoms with Crippen LogP contribution in [0.15, 0.2) is 24.3 Å². The number of hydrogen-bond acceptors (Lipinski definition) is 0. The summed E-state index contributed by atoms with van der Waals surface area (Å²) in [5, 5.41) is 0. The molecular weight excluding hydrogens is 127 g/mol. The van der Waals surface area contributed by atoms with E-state index in [0.29, 0.717) is 0 Å². The summed E-state index contributed by atoms with van der Waals surface area (Å²) < 4.78 is 12.1. The third kappa shape index (κ3) is 1.56. The van der Waals surface area contributed by atoms with Crippen molar-refractivity contribution in [1.82, 2.24) is 0 Å². The highest BCUT2D eigenvalue weighted by Gasteiger charge is 2.01. The summed E-state index contributed by atoms with van der Waals surface area (Å²) in [5.74, 6) is 0.0115. The van der Waals surface area contributed by atoms with E-state index in [1.54, 1.807) is 0 Å². The van der Waals surface area contributed by atoms with E-state index in [1.165, 1.54) is 0 Å². The number of hydrogen-bond donors (Lipinski definition) is 0. The predicted octanol–water partition coefficient (Wildman–Crippen LogP) is 2.56. The van der Waals surface area contributed by atoms with Gasteiger partial charge in [-0.25, -0.2) is 0 Å². The number of alkyl halides is 1. The third-order valence-electron chi connectivity index (χ3n) is 1.53. The van der Waals surface area contributed by atoms with Crippen LogP contribution in [0.2, 0.25) is 0 Å². The average molecular weight is 137 g/mol. The van der Waals surface area contributed by atoms with E-state index in [-0.39, 0.29) is 12.6 Å². The Morgan fingerprint density at radius 1 is 1.70 bits per heavy atom. The first kappa shape index (κ1) is 7.26. The van der Waals surface area contributed by atoms with Crippen LogP contribution in [0, 0.1) is 6.07 Å². The molecular formula is C9H10F. The lowest BCUT2D eigenvalue weighted by Gasteiger charge is -2.04. The smallest absolute Gasteiger partial charge is 0.0960 e. The molecule has 1 atom stereocenters. The molecule has 0 aliphatic rings. The molecule has 10 heavy (non-hydrogen) atoms. The molecule has 1 rings (SSSR count). The summed E-state index contributed by atoms with van der Waals surface area (Å²) in [6, 6.07) is 10.3. The maximum Gasteiger partial charge on any atom is 0.0960 e. The van der Waals surface area contributed by atoms with Crippen molar-refractivity contribution >= 4 is 0 Å². The number of halogens is 1. The van der Waals surface area contributed by atoms with E-state index < -0.39 is 0 Å². The summed E-state index contributed by atoms with van der Waals surface area (Å²) in [4.78, 5) is 0. The standard InChI is InChI=1S/C9H10F/c1-8(7-10)9-5-3-2-4-6-9/h2-3,5-6,8H,7H2,1H3/t8-/m0/s1. The molecule has 0 unspecified atom stereocenters. The zero-order chi connectivity index (χ0) is 7.40. The minimum atomic E-state index is -0.294. The second-order valence-corrected chi connectivity index (χ2v) is 2.39. The van der Waals surface area contributed by atoms with Crippen molar-refractivity contribution in [2.24, 2.45) is 0 Å². The van der Waals surface area contributed by atoms with E-state index in [0.717, 1.165) is 5.56 Å². The van der Waals surface area contributed by atoms with Crippen LogP contribution in [0.1, 0.15) is 18.4 Å². The van der Waals surface area contributed by atoms with Crippen molar-refractivity contribution in [3.05, 3.63) is 35.9 Å². The maximum absolute atomic E-state index is 12.1. The molecule has 0 aromatic heterocycles. The molecule has 0 heterocycles. The van der Waals surface area contributed by atoms with Crippen molar-refractivity contribution in [2.45, 2.75) is 12.8 Å². The molecule has 53 valence electrons. The molecule has 0 spiro atoms. The van der Waals surface area contributed by atoms with E-state index in [9.17, 15) is 4.39 Å². The Hall–Kier alpha value is -0.850. The lowest BCUT2D eigenvalue weighted by molar-refractivity contribution is 0.447. The Morgan fingerprint density at radius 3 is 3.00 bits per heavy atom. The Balaban J connectivity index is 2.75. The molecule has 0 amide bonds. The summed E-state index contributed by atoms with van der Waals surface area (Å²) in [5.41, 5.74) is 1.02. The summed E-state index contributed by atoms with van der Waals surface area (Å²) >= 11 is 0. The predicted molar refractivity (Wildman–Crippen MR) is 39.7 cm³/mol. The fourth-order valence-corrected chi connectivity index (χ4v) is 0.803. The first-order valence-corrected chi connectivity index (χ1v) is 3.36. The van der Waals surface area contributed by atoms with Gasteiger partial charge in [0.15, 0.2) is 0 Å². The molecule has 1 aromatic rings. The van der Waals surface area contributed by atoms with Gasteiger partial charge in [-0.15, -0.1) is 0 Å². The van der Waals surface area contributed by atoms with Gasteiger partial charge in [-0.05, 0) is 11.6 Å². The fraction of sp³-hybridized carbons (Fsp3) is 0.333. The molecule has 0 saturated carbocycles. The van der Waals surface area contributed by atoms with E-state index in [4.69, 9.17) is 0 Å². The van der Waals surface area contributed by atoms with Gasteiger partial charge in [0.05, 0.1) is 6.67 Å². The number of benzene rings is 1. The lowest BCUT2D eigenvalue weighted by Crippen LogP contribution is -1.93. The molecule has 1 aromatic carbocycles. The minimum absolute atomic E-state index is 0.0115.